The Morgan fingerprint density at radius 2 is 2.20 bits per heavy atom. The van der Waals surface area contributed by atoms with Gasteiger partial charge in [0.15, 0.2) is 0 Å². The molecule has 1 saturated carbocycles. The molecule has 0 aromatic carbocycles. The average Bonchev–Trinajstić information content (AvgIpc) is 2.84. The number of carbonyl (C=O) groups excluding carboxylic acids is 1. The third-order valence-electron chi connectivity index (χ3n) is 4.45. The molecular formula is C16H23N3O. The zero-order valence-corrected chi connectivity index (χ0v) is 12.2. The molecule has 3 rings (SSSR count). The Labute approximate surface area is 120 Å². The van der Waals surface area contributed by atoms with Crippen molar-refractivity contribution < 1.29 is 4.79 Å². The van der Waals surface area contributed by atoms with E-state index in [2.05, 4.69) is 21.3 Å². The van der Waals surface area contributed by atoms with Crippen molar-refractivity contribution in [2.45, 2.75) is 32.9 Å². The Hall–Kier alpha value is -1.42. The first-order valence-corrected chi connectivity index (χ1v) is 7.54. The fourth-order valence-corrected chi connectivity index (χ4v) is 3.51. The van der Waals surface area contributed by atoms with E-state index in [0.717, 1.165) is 31.5 Å². The van der Waals surface area contributed by atoms with Crippen molar-refractivity contribution in [2.24, 2.45) is 17.8 Å². The first-order chi connectivity index (χ1) is 9.63. The summed E-state index contributed by atoms with van der Waals surface area (Å²) < 4.78 is 0. The van der Waals surface area contributed by atoms with E-state index >= 15 is 0 Å². The molecular weight excluding hydrogens is 250 g/mol. The summed E-state index contributed by atoms with van der Waals surface area (Å²) in [6.45, 7) is 7.30. The predicted octanol–water partition coefficient (Wildman–Crippen LogP) is 1.67. The van der Waals surface area contributed by atoms with Gasteiger partial charge in [0.05, 0.1) is 0 Å². The van der Waals surface area contributed by atoms with Crippen LogP contribution in [0, 0.1) is 17.8 Å². The minimum atomic E-state index is 0.221. The quantitative estimate of drug-likeness (QED) is 0.887. The molecule has 2 heterocycles. The predicted molar refractivity (Wildman–Crippen MR) is 77.9 cm³/mol. The summed E-state index contributed by atoms with van der Waals surface area (Å²) >= 11 is 0. The number of fused-ring (bicyclic) bond motifs is 1. The largest absolute Gasteiger partial charge is 0.354 e. The molecule has 20 heavy (non-hydrogen) atoms. The number of amides is 1. The van der Waals surface area contributed by atoms with Crippen LogP contribution in [0.4, 0.5) is 0 Å². The number of hydrogen-bond acceptors (Lipinski definition) is 3. The number of pyridine rings is 1. The molecule has 4 nitrogen and oxygen atoms in total. The molecule has 0 spiro atoms. The van der Waals surface area contributed by atoms with Crippen LogP contribution in [0.15, 0.2) is 24.5 Å². The van der Waals surface area contributed by atoms with Gasteiger partial charge in [0, 0.05) is 44.5 Å². The molecule has 2 aliphatic rings. The Bertz CT molecular complexity index is 462. The van der Waals surface area contributed by atoms with E-state index < -0.39 is 0 Å². The van der Waals surface area contributed by atoms with Crippen molar-refractivity contribution in [3.8, 4) is 0 Å². The lowest BCUT2D eigenvalue weighted by molar-refractivity contribution is -0.122. The highest BCUT2D eigenvalue weighted by Crippen LogP contribution is 2.53. The highest BCUT2D eigenvalue weighted by Gasteiger charge is 2.55. The van der Waals surface area contributed by atoms with Gasteiger partial charge in [0.25, 0.3) is 0 Å². The highest BCUT2D eigenvalue weighted by atomic mass is 16.1. The number of rotatable bonds is 5. The second-order valence-electron chi connectivity index (χ2n) is 6.47. The lowest BCUT2D eigenvalue weighted by Gasteiger charge is -2.19. The minimum Gasteiger partial charge on any atom is -0.354 e. The molecule has 1 aromatic rings. The van der Waals surface area contributed by atoms with Gasteiger partial charge in [-0.15, -0.1) is 0 Å². The Kier molecular flexibility index (Phi) is 3.74. The number of likely N-dealkylation sites (tertiary alicyclic amines) is 1. The van der Waals surface area contributed by atoms with Crippen molar-refractivity contribution in [3.05, 3.63) is 30.1 Å². The van der Waals surface area contributed by atoms with Crippen LogP contribution in [0.3, 0.4) is 0 Å². The molecule has 4 heteroatoms. The molecule has 0 radical (unpaired) electrons. The van der Waals surface area contributed by atoms with E-state index in [1.165, 1.54) is 5.56 Å². The molecule has 1 saturated heterocycles. The smallest absolute Gasteiger partial charge is 0.220 e. The van der Waals surface area contributed by atoms with Crippen LogP contribution >= 0.6 is 0 Å². The normalized spacial score (nSPS) is 28.4. The van der Waals surface area contributed by atoms with Crippen molar-refractivity contribution in [1.82, 2.24) is 15.2 Å². The molecule has 1 aliphatic carbocycles. The second-order valence-corrected chi connectivity index (χ2v) is 6.47. The minimum absolute atomic E-state index is 0.221. The maximum Gasteiger partial charge on any atom is 0.220 e. The van der Waals surface area contributed by atoms with Crippen molar-refractivity contribution in [3.63, 3.8) is 0 Å². The topological polar surface area (TPSA) is 45.2 Å². The van der Waals surface area contributed by atoms with Crippen LogP contribution in [-0.4, -0.2) is 34.9 Å². The third kappa shape index (κ3) is 3.01. The van der Waals surface area contributed by atoms with E-state index in [1.54, 1.807) is 0 Å². The van der Waals surface area contributed by atoms with E-state index in [4.69, 9.17) is 0 Å². The number of nitrogens with one attached hydrogen (secondary N) is 1. The van der Waals surface area contributed by atoms with Crippen LogP contribution in [0.25, 0.3) is 0 Å². The number of piperidine rings is 1. The van der Waals surface area contributed by atoms with E-state index in [0.29, 0.717) is 12.3 Å². The third-order valence-corrected chi connectivity index (χ3v) is 4.45. The first kappa shape index (κ1) is 13.6. The SMILES string of the molecule is CC(C)NC(=O)CC1[C@H]2CN(Cc3cccnc3)C[C@@H]12. The molecule has 1 aliphatic heterocycles. The number of carbonyl (C=O) groups is 1. The van der Waals surface area contributed by atoms with Crippen LogP contribution < -0.4 is 5.32 Å². The Balaban J connectivity index is 1.43. The summed E-state index contributed by atoms with van der Waals surface area (Å²) in [6, 6.07) is 4.37. The molecule has 2 fully saturated rings. The summed E-state index contributed by atoms with van der Waals surface area (Å²) in [7, 11) is 0. The van der Waals surface area contributed by atoms with Crippen LogP contribution in [0.5, 0.6) is 0 Å². The molecule has 0 bridgehead atoms. The summed E-state index contributed by atoms with van der Waals surface area (Å²) in [6.07, 6.45) is 4.47. The van der Waals surface area contributed by atoms with Gasteiger partial charge in [-0.25, -0.2) is 0 Å². The Morgan fingerprint density at radius 1 is 1.45 bits per heavy atom. The Morgan fingerprint density at radius 3 is 2.80 bits per heavy atom. The first-order valence-electron chi connectivity index (χ1n) is 7.54. The van der Waals surface area contributed by atoms with Gasteiger partial charge in [0.2, 0.25) is 5.91 Å². The van der Waals surface area contributed by atoms with Crippen LogP contribution in [0.2, 0.25) is 0 Å². The van der Waals surface area contributed by atoms with E-state index in [1.807, 2.05) is 32.3 Å². The van der Waals surface area contributed by atoms with Crippen LogP contribution in [0.1, 0.15) is 25.8 Å². The number of nitrogens with zero attached hydrogens (tertiary/aromatic N) is 2. The van der Waals surface area contributed by atoms with Crippen LogP contribution in [-0.2, 0) is 11.3 Å². The zero-order chi connectivity index (χ0) is 14.1. The summed E-state index contributed by atoms with van der Waals surface area (Å²) in [5, 5.41) is 2.99. The van der Waals surface area contributed by atoms with E-state index in [9.17, 15) is 4.79 Å². The van der Waals surface area contributed by atoms with Gasteiger partial charge in [-0.2, -0.15) is 0 Å². The van der Waals surface area contributed by atoms with Crippen molar-refractivity contribution in [1.29, 1.82) is 0 Å². The molecule has 1 amide bonds. The standard InChI is InChI=1S/C16H23N3O/c1-11(2)18-16(20)6-13-14-9-19(10-15(13)14)8-12-4-3-5-17-7-12/h3-5,7,11,13-15H,6,8-10H2,1-2H3,(H,18,20)/t13?,14-,15+. The maximum absolute atomic E-state index is 11.8. The van der Waals surface area contributed by atoms with Gasteiger partial charge in [-0.3, -0.25) is 14.7 Å². The zero-order valence-electron chi connectivity index (χ0n) is 12.2. The summed E-state index contributed by atoms with van der Waals surface area (Å²) in [4.78, 5) is 18.4. The molecule has 1 aromatic heterocycles. The monoisotopic (exact) mass is 273 g/mol. The van der Waals surface area contributed by atoms with E-state index in [-0.39, 0.29) is 11.9 Å². The molecule has 108 valence electrons. The van der Waals surface area contributed by atoms with Gasteiger partial charge >= 0.3 is 0 Å². The fourth-order valence-electron chi connectivity index (χ4n) is 3.51. The maximum atomic E-state index is 11.8. The van der Waals surface area contributed by atoms with Gasteiger partial charge < -0.3 is 5.32 Å². The lowest BCUT2D eigenvalue weighted by atomic mass is 10.1. The van der Waals surface area contributed by atoms with Crippen molar-refractivity contribution >= 4 is 5.91 Å². The van der Waals surface area contributed by atoms with Gasteiger partial charge in [-0.1, -0.05) is 6.07 Å². The van der Waals surface area contributed by atoms with Gasteiger partial charge in [0.1, 0.15) is 0 Å². The van der Waals surface area contributed by atoms with Crippen molar-refractivity contribution in [2.75, 3.05) is 13.1 Å². The average molecular weight is 273 g/mol. The number of aromatic nitrogens is 1. The van der Waals surface area contributed by atoms with Gasteiger partial charge in [-0.05, 0) is 43.2 Å². The second kappa shape index (κ2) is 5.52. The summed E-state index contributed by atoms with van der Waals surface area (Å²) in [5.74, 6) is 2.33. The number of hydrogen-bond donors (Lipinski definition) is 1. The molecule has 1 unspecified atom stereocenters. The fraction of sp³-hybridized carbons (Fsp3) is 0.625. The molecule has 3 atom stereocenters. The molecule has 1 N–H and O–H groups in total. The highest BCUT2D eigenvalue weighted by molar-refractivity contribution is 5.76. The summed E-state index contributed by atoms with van der Waals surface area (Å²) in [5.41, 5.74) is 1.28. The lowest BCUT2D eigenvalue weighted by Crippen LogP contribution is -2.31.